The molecule has 3 heterocycles. The number of fused-ring (bicyclic) bond motifs is 2. The van der Waals surface area contributed by atoms with Crippen LogP contribution in [0.3, 0.4) is 0 Å². The van der Waals surface area contributed by atoms with Gasteiger partial charge in [-0.1, -0.05) is 72.8 Å². The van der Waals surface area contributed by atoms with Crippen LogP contribution in [0.1, 0.15) is 5.56 Å². The van der Waals surface area contributed by atoms with Gasteiger partial charge in [-0.15, -0.1) is 0 Å². The van der Waals surface area contributed by atoms with Gasteiger partial charge in [0.2, 0.25) is 5.43 Å². The van der Waals surface area contributed by atoms with Gasteiger partial charge >= 0.3 is 0 Å². The third-order valence-electron chi connectivity index (χ3n) is 6.15. The van der Waals surface area contributed by atoms with E-state index in [0.29, 0.717) is 23.3 Å². The van der Waals surface area contributed by atoms with Crippen molar-refractivity contribution in [2.75, 3.05) is 5.32 Å². The monoisotopic (exact) mass is 454 g/mol. The van der Waals surface area contributed by atoms with Gasteiger partial charge in [-0.3, -0.25) is 9.78 Å². The highest BCUT2D eigenvalue weighted by Crippen LogP contribution is 2.33. The Morgan fingerprint density at radius 1 is 0.800 bits per heavy atom. The smallest absolute Gasteiger partial charge is 0.214 e. The molecule has 2 N–H and O–H groups in total. The number of hydrogen-bond acceptors (Lipinski definition) is 4. The van der Waals surface area contributed by atoms with Crippen LogP contribution in [0, 0.1) is 0 Å². The fourth-order valence-corrected chi connectivity index (χ4v) is 4.35. The van der Waals surface area contributed by atoms with Gasteiger partial charge in [0.25, 0.3) is 0 Å². The lowest BCUT2D eigenvalue weighted by Gasteiger charge is -2.13. The van der Waals surface area contributed by atoms with Gasteiger partial charge in [0.05, 0.1) is 22.3 Å². The molecule has 5 heteroatoms. The van der Waals surface area contributed by atoms with E-state index in [2.05, 4.69) is 21.4 Å². The van der Waals surface area contributed by atoms with Crippen molar-refractivity contribution < 1.29 is 0 Å². The van der Waals surface area contributed by atoms with Crippen LogP contribution in [-0.4, -0.2) is 15.0 Å². The zero-order chi connectivity index (χ0) is 23.6. The molecule has 3 aromatic heterocycles. The Kier molecular flexibility index (Phi) is 5.28. The zero-order valence-corrected chi connectivity index (χ0v) is 18.9. The van der Waals surface area contributed by atoms with E-state index in [0.717, 1.165) is 38.9 Å². The van der Waals surface area contributed by atoms with Crippen LogP contribution < -0.4 is 10.7 Å². The van der Waals surface area contributed by atoms with Crippen molar-refractivity contribution in [2.24, 2.45) is 0 Å². The summed E-state index contributed by atoms with van der Waals surface area (Å²) < 4.78 is 0. The maximum absolute atomic E-state index is 13.5. The fourth-order valence-electron chi connectivity index (χ4n) is 4.35. The second-order valence-corrected chi connectivity index (χ2v) is 8.43. The summed E-state index contributed by atoms with van der Waals surface area (Å²) in [6.45, 7) is 0.565. The third-order valence-corrected chi connectivity index (χ3v) is 6.15. The number of anilines is 1. The summed E-state index contributed by atoms with van der Waals surface area (Å²) in [5.41, 5.74) is 6.73. The zero-order valence-electron chi connectivity index (χ0n) is 18.9. The molecule has 6 rings (SSSR count). The Bertz CT molecular complexity index is 1710. The van der Waals surface area contributed by atoms with E-state index < -0.39 is 0 Å². The highest BCUT2D eigenvalue weighted by atomic mass is 16.1. The molecule has 5 nitrogen and oxygen atoms in total. The van der Waals surface area contributed by atoms with Crippen molar-refractivity contribution in [2.45, 2.75) is 6.54 Å². The quantitative estimate of drug-likeness (QED) is 0.315. The Morgan fingerprint density at radius 3 is 2.43 bits per heavy atom. The average molecular weight is 455 g/mol. The number of nitrogens with one attached hydrogen (secondary N) is 2. The van der Waals surface area contributed by atoms with Crippen LogP contribution in [0.15, 0.2) is 114 Å². The minimum atomic E-state index is -0.0782. The molecule has 3 aromatic carbocycles. The highest BCUT2D eigenvalue weighted by molar-refractivity contribution is 5.94. The lowest BCUT2D eigenvalue weighted by molar-refractivity contribution is 1.13. The highest BCUT2D eigenvalue weighted by Gasteiger charge is 2.15. The van der Waals surface area contributed by atoms with E-state index in [1.807, 2.05) is 91.0 Å². The molecule has 0 amide bonds. The van der Waals surface area contributed by atoms with Crippen LogP contribution in [0.25, 0.3) is 44.3 Å². The molecule has 6 aromatic rings. The summed E-state index contributed by atoms with van der Waals surface area (Å²) >= 11 is 0. The van der Waals surface area contributed by atoms with Gasteiger partial charge < -0.3 is 10.3 Å². The minimum absolute atomic E-state index is 0.0782. The number of aromatic amines is 1. The number of benzene rings is 3. The largest absolute Gasteiger partial charge is 0.377 e. The van der Waals surface area contributed by atoms with E-state index in [9.17, 15) is 4.79 Å². The normalized spacial score (nSPS) is 11.1. The third kappa shape index (κ3) is 4.04. The summed E-state index contributed by atoms with van der Waals surface area (Å²) in [5.74, 6) is 0. The molecule has 0 atom stereocenters. The summed E-state index contributed by atoms with van der Waals surface area (Å²) in [6.07, 6.45) is 3.50. The fraction of sp³-hybridized carbons (Fsp3) is 0.0333. The Balaban J connectivity index is 1.51. The molecule has 0 spiro atoms. The summed E-state index contributed by atoms with van der Waals surface area (Å²) in [5, 5.41) is 4.85. The molecule has 0 aliphatic heterocycles. The predicted octanol–water partition coefficient (Wildman–Crippen LogP) is 6.42. The number of nitrogens with zero attached hydrogens (tertiary/aromatic N) is 2. The van der Waals surface area contributed by atoms with E-state index in [4.69, 9.17) is 4.98 Å². The standard InChI is InChI=1S/C30H22N4O/c35-29-25-17-24(22-13-14-26-23(16-22)12-7-15-31-26)28(21-10-5-2-6-11-21)34-30(25)33-19-27(29)32-18-20-8-3-1-4-9-20/h1-17,19,32H,18H2,(H,33,34,35). The Hall–Kier alpha value is -4.77. The molecular weight excluding hydrogens is 432 g/mol. The first-order valence-electron chi connectivity index (χ1n) is 11.5. The van der Waals surface area contributed by atoms with Gasteiger partial charge in [0, 0.05) is 35.5 Å². The first-order chi connectivity index (χ1) is 17.3. The Morgan fingerprint density at radius 2 is 1.60 bits per heavy atom. The van der Waals surface area contributed by atoms with Crippen molar-refractivity contribution >= 4 is 27.6 Å². The maximum Gasteiger partial charge on any atom is 0.214 e. The number of aromatic nitrogens is 3. The molecule has 0 fully saturated rings. The van der Waals surface area contributed by atoms with Crippen LogP contribution >= 0.6 is 0 Å². The van der Waals surface area contributed by atoms with Gasteiger partial charge in [-0.05, 0) is 35.4 Å². The predicted molar refractivity (Wildman–Crippen MR) is 142 cm³/mol. The maximum atomic E-state index is 13.5. The van der Waals surface area contributed by atoms with Gasteiger partial charge in [0.1, 0.15) is 5.65 Å². The molecule has 0 bridgehead atoms. The lowest BCUT2D eigenvalue weighted by Crippen LogP contribution is -2.13. The Labute approximate surface area is 202 Å². The van der Waals surface area contributed by atoms with Crippen molar-refractivity contribution in [1.82, 2.24) is 15.0 Å². The van der Waals surface area contributed by atoms with Gasteiger partial charge in [-0.2, -0.15) is 0 Å². The average Bonchev–Trinajstić information content (AvgIpc) is 2.93. The van der Waals surface area contributed by atoms with Crippen LogP contribution in [-0.2, 0) is 6.54 Å². The number of H-pyrrole nitrogens is 1. The number of rotatable bonds is 5. The van der Waals surface area contributed by atoms with Crippen LogP contribution in [0.4, 0.5) is 5.69 Å². The summed E-state index contributed by atoms with van der Waals surface area (Å²) in [4.78, 5) is 26.1. The van der Waals surface area contributed by atoms with Gasteiger partial charge in [0.15, 0.2) is 0 Å². The molecule has 35 heavy (non-hydrogen) atoms. The van der Waals surface area contributed by atoms with E-state index >= 15 is 0 Å². The minimum Gasteiger partial charge on any atom is -0.377 e. The second-order valence-electron chi connectivity index (χ2n) is 8.43. The van der Waals surface area contributed by atoms with E-state index in [-0.39, 0.29) is 5.43 Å². The van der Waals surface area contributed by atoms with Crippen molar-refractivity contribution in [1.29, 1.82) is 0 Å². The first kappa shape index (κ1) is 20.8. The number of pyridine rings is 3. The van der Waals surface area contributed by atoms with Gasteiger partial charge in [-0.25, -0.2) is 4.98 Å². The lowest BCUT2D eigenvalue weighted by atomic mass is 9.97. The molecule has 168 valence electrons. The molecule has 0 saturated carbocycles. The molecule has 0 unspecified atom stereocenters. The van der Waals surface area contributed by atoms with Crippen molar-refractivity contribution in [3.63, 3.8) is 0 Å². The van der Waals surface area contributed by atoms with E-state index in [1.54, 1.807) is 12.4 Å². The molecule has 0 aliphatic carbocycles. The van der Waals surface area contributed by atoms with Crippen molar-refractivity contribution in [3.8, 4) is 22.4 Å². The molecule has 0 radical (unpaired) electrons. The van der Waals surface area contributed by atoms with E-state index in [1.165, 1.54) is 0 Å². The molecule has 0 saturated heterocycles. The topological polar surface area (TPSA) is 70.7 Å². The van der Waals surface area contributed by atoms with Crippen molar-refractivity contribution in [3.05, 3.63) is 125 Å². The summed E-state index contributed by atoms with van der Waals surface area (Å²) in [7, 11) is 0. The molecule has 0 aliphatic rings. The second kappa shape index (κ2) is 8.88. The van der Waals surface area contributed by atoms with Crippen LogP contribution in [0.5, 0.6) is 0 Å². The SMILES string of the molecule is O=c1c(NCc2ccccc2)c[nH]c2nc(-c3ccccc3)c(-c3ccc4ncccc4c3)cc12. The summed E-state index contributed by atoms with van der Waals surface area (Å²) in [6, 6.07) is 32.1. The number of hydrogen-bond donors (Lipinski definition) is 2. The van der Waals surface area contributed by atoms with Crippen LogP contribution in [0.2, 0.25) is 0 Å². The molecular formula is C30H22N4O. The first-order valence-corrected chi connectivity index (χ1v) is 11.5.